The number of nitrogens with zero attached hydrogens (tertiary/aromatic N) is 3. The van der Waals surface area contributed by atoms with Crippen LogP contribution in [0.15, 0.2) is 11.1 Å². The summed E-state index contributed by atoms with van der Waals surface area (Å²) in [7, 11) is 0. The Morgan fingerprint density at radius 3 is 2.50 bits per heavy atom. The van der Waals surface area contributed by atoms with Crippen LogP contribution in [0.25, 0.3) is 11.0 Å². The van der Waals surface area contributed by atoms with Crippen LogP contribution in [-0.2, 0) is 0 Å². The van der Waals surface area contributed by atoms with Gasteiger partial charge in [-0.25, -0.2) is 4.98 Å². The third-order valence-electron chi connectivity index (χ3n) is 4.17. The Morgan fingerprint density at radius 2 is 1.77 bits per heavy atom. The average Bonchev–Trinajstić information content (AvgIpc) is 2.61. The van der Waals surface area contributed by atoms with Gasteiger partial charge in [-0.3, -0.25) is 4.79 Å². The van der Waals surface area contributed by atoms with E-state index >= 15 is 0 Å². The summed E-state index contributed by atoms with van der Waals surface area (Å²) in [5.74, 6) is 0.494. The SMILES string of the molecule is O=c1[nH]cnc2nc(Cl)nc(NC3CCCCCCCC3)c12. The van der Waals surface area contributed by atoms with E-state index in [-0.39, 0.29) is 10.8 Å². The molecule has 1 aliphatic rings. The zero-order valence-corrected chi connectivity index (χ0v) is 13.2. The Balaban J connectivity index is 1.90. The first kappa shape index (κ1) is 15.2. The lowest BCUT2D eigenvalue weighted by molar-refractivity contribution is 0.562. The standard InChI is InChI=1S/C15H20ClN5O/c16-15-20-12-11(14(22)18-9-17-12)13(21-15)19-10-7-5-3-1-2-4-6-8-10/h9-10H,1-8H2,(H2,17,18,19,20,21,22). The Labute approximate surface area is 133 Å². The molecule has 0 unspecified atom stereocenters. The van der Waals surface area contributed by atoms with Crippen molar-refractivity contribution in [1.29, 1.82) is 0 Å². The molecule has 0 radical (unpaired) electrons. The summed E-state index contributed by atoms with van der Waals surface area (Å²) in [5, 5.41) is 3.89. The first-order valence-electron chi connectivity index (χ1n) is 7.91. The second kappa shape index (κ2) is 7.05. The fourth-order valence-corrected chi connectivity index (χ4v) is 3.19. The molecule has 6 nitrogen and oxygen atoms in total. The summed E-state index contributed by atoms with van der Waals surface area (Å²) >= 11 is 5.96. The predicted molar refractivity (Wildman–Crippen MR) is 87.3 cm³/mol. The van der Waals surface area contributed by atoms with Gasteiger partial charge in [-0.1, -0.05) is 38.5 Å². The molecule has 3 rings (SSSR count). The van der Waals surface area contributed by atoms with Gasteiger partial charge in [0.15, 0.2) is 5.65 Å². The molecule has 0 atom stereocenters. The van der Waals surface area contributed by atoms with Crippen molar-refractivity contribution in [2.24, 2.45) is 0 Å². The maximum absolute atomic E-state index is 12.1. The van der Waals surface area contributed by atoms with E-state index in [0.717, 1.165) is 12.8 Å². The number of fused-ring (bicyclic) bond motifs is 1. The molecule has 22 heavy (non-hydrogen) atoms. The third kappa shape index (κ3) is 3.55. The summed E-state index contributed by atoms with van der Waals surface area (Å²) in [6.07, 6.45) is 11.1. The maximum Gasteiger partial charge on any atom is 0.263 e. The highest BCUT2D eigenvalue weighted by molar-refractivity contribution is 6.28. The molecule has 2 heterocycles. The maximum atomic E-state index is 12.1. The van der Waals surface area contributed by atoms with Gasteiger partial charge in [0, 0.05) is 6.04 Å². The van der Waals surface area contributed by atoms with Crippen molar-refractivity contribution in [2.75, 3.05) is 5.32 Å². The van der Waals surface area contributed by atoms with Gasteiger partial charge in [-0.2, -0.15) is 9.97 Å². The van der Waals surface area contributed by atoms with Crippen molar-refractivity contribution in [2.45, 2.75) is 57.4 Å². The van der Waals surface area contributed by atoms with Crippen LogP contribution in [0.5, 0.6) is 0 Å². The van der Waals surface area contributed by atoms with Crippen molar-refractivity contribution in [1.82, 2.24) is 19.9 Å². The van der Waals surface area contributed by atoms with Crippen molar-refractivity contribution in [3.63, 3.8) is 0 Å². The number of H-pyrrole nitrogens is 1. The molecule has 2 aromatic heterocycles. The van der Waals surface area contributed by atoms with Crippen LogP contribution in [-0.4, -0.2) is 26.0 Å². The van der Waals surface area contributed by atoms with Crippen molar-refractivity contribution in [3.05, 3.63) is 22.0 Å². The fraction of sp³-hybridized carbons (Fsp3) is 0.600. The lowest BCUT2D eigenvalue weighted by Crippen LogP contribution is -2.22. The Kier molecular flexibility index (Phi) is 4.87. The minimum absolute atomic E-state index is 0.108. The van der Waals surface area contributed by atoms with E-state index in [4.69, 9.17) is 11.6 Å². The molecule has 1 saturated carbocycles. The quantitative estimate of drug-likeness (QED) is 0.829. The molecule has 0 spiro atoms. The molecule has 1 fully saturated rings. The normalized spacial score (nSPS) is 17.7. The number of aromatic nitrogens is 4. The van der Waals surface area contributed by atoms with Crippen molar-refractivity contribution < 1.29 is 0 Å². The van der Waals surface area contributed by atoms with Crippen LogP contribution >= 0.6 is 11.6 Å². The summed E-state index contributed by atoms with van der Waals surface area (Å²) in [6, 6.07) is 0.312. The van der Waals surface area contributed by atoms with Crippen LogP contribution in [0, 0.1) is 0 Å². The predicted octanol–water partition coefficient (Wildman–Crippen LogP) is 3.28. The Bertz CT molecular complexity index is 692. The number of anilines is 1. The van der Waals surface area contributed by atoms with E-state index in [2.05, 4.69) is 25.3 Å². The lowest BCUT2D eigenvalue weighted by atomic mass is 10.1. The Hall–Kier alpha value is -1.69. The summed E-state index contributed by atoms with van der Waals surface area (Å²) in [6.45, 7) is 0. The zero-order chi connectivity index (χ0) is 15.4. The van der Waals surface area contributed by atoms with Gasteiger partial charge in [0.1, 0.15) is 11.2 Å². The molecule has 0 bridgehead atoms. The smallest absolute Gasteiger partial charge is 0.263 e. The monoisotopic (exact) mass is 321 g/mol. The number of hydrogen-bond acceptors (Lipinski definition) is 5. The Morgan fingerprint density at radius 1 is 1.09 bits per heavy atom. The van der Waals surface area contributed by atoms with E-state index in [1.54, 1.807) is 0 Å². The molecular formula is C15H20ClN5O. The van der Waals surface area contributed by atoms with Gasteiger partial charge < -0.3 is 10.3 Å². The van der Waals surface area contributed by atoms with Gasteiger partial charge in [0.05, 0.1) is 6.33 Å². The molecule has 2 aromatic rings. The number of nitrogens with one attached hydrogen (secondary N) is 2. The van der Waals surface area contributed by atoms with Crippen LogP contribution in [0.3, 0.4) is 0 Å². The molecule has 0 amide bonds. The van der Waals surface area contributed by atoms with Crippen molar-refractivity contribution >= 4 is 28.5 Å². The summed E-state index contributed by atoms with van der Waals surface area (Å²) in [5.41, 5.74) is 0.0848. The first-order valence-corrected chi connectivity index (χ1v) is 8.29. The lowest BCUT2D eigenvalue weighted by Gasteiger charge is -2.19. The van der Waals surface area contributed by atoms with E-state index in [1.807, 2.05) is 0 Å². The highest BCUT2D eigenvalue weighted by Crippen LogP contribution is 2.23. The van der Waals surface area contributed by atoms with Gasteiger partial charge in [0.2, 0.25) is 5.28 Å². The molecule has 0 saturated heterocycles. The average molecular weight is 322 g/mol. The molecule has 2 N–H and O–H groups in total. The van der Waals surface area contributed by atoms with E-state index in [1.165, 1.54) is 44.9 Å². The topological polar surface area (TPSA) is 83.6 Å². The van der Waals surface area contributed by atoms with Gasteiger partial charge in [0.25, 0.3) is 5.56 Å². The second-order valence-electron chi connectivity index (χ2n) is 5.81. The molecular weight excluding hydrogens is 302 g/mol. The number of rotatable bonds is 2. The zero-order valence-electron chi connectivity index (χ0n) is 12.4. The molecule has 0 aliphatic heterocycles. The minimum Gasteiger partial charge on any atom is -0.366 e. The number of halogens is 1. The van der Waals surface area contributed by atoms with Gasteiger partial charge in [-0.15, -0.1) is 0 Å². The van der Waals surface area contributed by atoms with Gasteiger partial charge in [-0.05, 0) is 24.4 Å². The highest BCUT2D eigenvalue weighted by atomic mass is 35.5. The third-order valence-corrected chi connectivity index (χ3v) is 4.34. The molecule has 1 aliphatic carbocycles. The molecule has 0 aromatic carbocycles. The largest absolute Gasteiger partial charge is 0.366 e. The van der Waals surface area contributed by atoms with Crippen molar-refractivity contribution in [3.8, 4) is 0 Å². The minimum atomic E-state index is -0.243. The van der Waals surface area contributed by atoms with Crippen LogP contribution in [0.2, 0.25) is 5.28 Å². The van der Waals surface area contributed by atoms with Crippen LogP contribution < -0.4 is 10.9 Å². The molecule has 118 valence electrons. The fourth-order valence-electron chi connectivity index (χ4n) is 3.02. The second-order valence-corrected chi connectivity index (χ2v) is 6.15. The molecule has 7 heteroatoms. The summed E-state index contributed by atoms with van der Waals surface area (Å²) in [4.78, 5) is 27.0. The van der Waals surface area contributed by atoms with E-state index in [9.17, 15) is 4.79 Å². The van der Waals surface area contributed by atoms with Gasteiger partial charge >= 0.3 is 0 Å². The summed E-state index contributed by atoms with van der Waals surface area (Å²) < 4.78 is 0. The van der Waals surface area contributed by atoms with Crippen LogP contribution in [0.4, 0.5) is 5.82 Å². The highest BCUT2D eigenvalue weighted by Gasteiger charge is 2.16. The van der Waals surface area contributed by atoms with E-state index in [0.29, 0.717) is 22.9 Å². The number of aromatic amines is 1. The van der Waals surface area contributed by atoms with Crippen LogP contribution in [0.1, 0.15) is 51.4 Å². The number of hydrogen-bond donors (Lipinski definition) is 2. The van der Waals surface area contributed by atoms with E-state index < -0.39 is 0 Å². The first-order chi connectivity index (χ1) is 10.7.